The van der Waals surface area contributed by atoms with Gasteiger partial charge in [-0.3, -0.25) is 9.59 Å². The molecule has 2 aromatic carbocycles. The molecule has 0 radical (unpaired) electrons. The monoisotopic (exact) mass is 497 g/mol. The first-order chi connectivity index (χ1) is 15.9. The van der Waals surface area contributed by atoms with Crippen LogP contribution in [0.25, 0.3) is 10.7 Å². The predicted molar refractivity (Wildman–Crippen MR) is 134 cm³/mol. The lowest BCUT2D eigenvalue weighted by atomic mass is 10.1. The number of benzene rings is 2. The number of halogens is 1. The maximum Gasteiger partial charge on any atom is 0.257 e. The molecule has 2 aromatic heterocycles. The van der Waals surface area contributed by atoms with E-state index in [1.165, 1.54) is 11.8 Å². The molecule has 168 valence electrons. The number of thioether (sulfide) groups is 1. The summed E-state index contributed by atoms with van der Waals surface area (Å²) >= 11 is 9.00. The molecule has 0 bridgehead atoms. The molecule has 0 aliphatic heterocycles. The topological polar surface area (TPSA) is 88.9 Å². The fourth-order valence-electron chi connectivity index (χ4n) is 3.06. The van der Waals surface area contributed by atoms with Crippen LogP contribution in [0.5, 0.6) is 0 Å². The zero-order valence-electron chi connectivity index (χ0n) is 17.8. The number of carbonyl (C=O) groups excluding carboxylic acids is 2. The number of anilines is 2. The SMILES string of the molecule is Cc1ccc(NC(=O)c2ccccc2Cl)cc1NC(=O)CSc1nnc(-c2cccs2)n1C. The Bertz CT molecular complexity index is 1300. The molecule has 0 fully saturated rings. The first-order valence-corrected chi connectivity index (χ1v) is 12.2. The highest BCUT2D eigenvalue weighted by molar-refractivity contribution is 7.99. The predicted octanol–water partition coefficient (Wildman–Crippen LogP) is 5.49. The number of rotatable bonds is 7. The summed E-state index contributed by atoms with van der Waals surface area (Å²) in [4.78, 5) is 26.1. The van der Waals surface area contributed by atoms with Crippen molar-refractivity contribution >= 4 is 57.9 Å². The van der Waals surface area contributed by atoms with Gasteiger partial charge in [-0.25, -0.2) is 0 Å². The fourth-order valence-corrected chi connectivity index (χ4v) is 4.73. The Balaban J connectivity index is 1.39. The second-order valence-electron chi connectivity index (χ2n) is 7.14. The van der Waals surface area contributed by atoms with E-state index in [2.05, 4.69) is 20.8 Å². The molecule has 0 saturated carbocycles. The van der Waals surface area contributed by atoms with Crippen molar-refractivity contribution in [2.75, 3.05) is 16.4 Å². The number of aryl methyl sites for hydroxylation is 1. The Kier molecular flexibility index (Phi) is 7.12. The van der Waals surface area contributed by atoms with Gasteiger partial charge in [0, 0.05) is 18.4 Å². The Morgan fingerprint density at radius 3 is 2.67 bits per heavy atom. The van der Waals surface area contributed by atoms with Gasteiger partial charge in [0.15, 0.2) is 11.0 Å². The molecule has 0 atom stereocenters. The molecule has 4 rings (SSSR count). The summed E-state index contributed by atoms with van der Waals surface area (Å²) in [5.74, 6) is 0.441. The van der Waals surface area contributed by atoms with E-state index >= 15 is 0 Å². The summed E-state index contributed by atoms with van der Waals surface area (Å²) in [5, 5.41) is 17.2. The van der Waals surface area contributed by atoms with Crippen molar-refractivity contribution in [2.24, 2.45) is 7.05 Å². The van der Waals surface area contributed by atoms with Crippen LogP contribution in [0.4, 0.5) is 11.4 Å². The van der Waals surface area contributed by atoms with E-state index in [0.717, 1.165) is 16.3 Å². The van der Waals surface area contributed by atoms with Crippen molar-refractivity contribution in [3.05, 3.63) is 76.1 Å². The first kappa shape index (κ1) is 23.0. The highest BCUT2D eigenvalue weighted by atomic mass is 35.5. The van der Waals surface area contributed by atoms with Crippen LogP contribution in [-0.2, 0) is 11.8 Å². The van der Waals surface area contributed by atoms with Gasteiger partial charge in [-0.15, -0.1) is 21.5 Å². The largest absolute Gasteiger partial charge is 0.325 e. The van der Waals surface area contributed by atoms with Gasteiger partial charge in [0.2, 0.25) is 5.91 Å². The average Bonchev–Trinajstić information content (AvgIpc) is 3.44. The van der Waals surface area contributed by atoms with Crippen molar-refractivity contribution in [3.8, 4) is 10.7 Å². The van der Waals surface area contributed by atoms with E-state index in [1.807, 2.05) is 42.1 Å². The van der Waals surface area contributed by atoms with Gasteiger partial charge in [0.05, 0.1) is 21.2 Å². The number of amides is 2. The Labute approximate surface area is 204 Å². The average molecular weight is 498 g/mol. The smallest absolute Gasteiger partial charge is 0.257 e. The van der Waals surface area contributed by atoms with Crippen LogP contribution in [0, 0.1) is 6.92 Å². The van der Waals surface area contributed by atoms with Crippen molar-refractivity contribution in [1.29, 1.82) is 0 Å². The van der Waals surface area contributed by atoms with Crippen LogP contribution in [0.15, 0.2) is 65.1 Å². The molecule has 4 aromatic rings. The number of aromatic nitrogens is 3. The molecule has 0 aliphatic carbocycles. The molecular formula is C23H20ClN5O2S2. The quantitative estimate of drug-likeness (QED) is 0.330. The van der Waals surface area contributed by atoms with Crippen molar-refractivity contribution < 1.29 is 9.59 Å². The minimum absolute atomic E-state index is 0.173. The second-order valence-corrected chi connectivity index (χ2v) is 9.44. The lowest BCUT2D eigenvalue weighted by molar-refractivity contribution is -0.113. The number of nitrogens with zero attached hydrogens (tertiary/aromatic N) is 3. The Morgan fingerprint density at radius 1 is 1.09 bits per heavy atom. The molecule has 2 N–H and O–H groups in total. The third kappa shape index (κ3) is 5.44. The minimum Gasteiger partial charge on any atom is -0.325 e. The molecule has 33 heavy (non-hydrogen) atoms. The van der Waals surface area contributed by atoms with Gasteiger partial charge in [-0.1, -0.05) is 47.6 Å². The Morgan fingerprint density at radius 2 is 1.91 bits per heavy atom. The minimum atomic E-state index is -0.318. The Hall–Kier alpha value is -3.14. The van der Waals surface area contributed by atoms with Crippen LogP contribution >= 0.6 is 34.7 Å². The summed E-state index contributed by atoms with van der Waals surface area (Å²) in [5.41, 5.74) is 2.44. The van der Waals surface area contributed by atoms with Crippen molar-refractivity contribution in [3.63, 3.8) is 0 Å². The van der Waals surface area contributed by atoms with Crippen molar-refractivity contribution in [1.82, 2.24) is 14.8 Å². The van der Waals surface area contributed by atoms with E-state index < -0.39 is 0 Å². The molecule has 7 nitrogen and oxygen atoms in total. The number of carbonyl (C=O) groups is 2. The summed E-state index contributed by atoms with van der Waals surface area (Å²) in [6.45, 7) is 1.89. The lowest BCUT2D eigenvalue weighted by Gasteiger charge is -2.12. The number of hydrogen-bond acceptors (Lipinski definition) is 6. The fraction of sp³-hybridized carbons (Fsp3) is 0.130. The van der Waals surface area contributed by atoms with E-state index in [0.29, 0.717) is 27.1 Å². The van der Waals surface area contributed by atoms with Crippen LogP contribution < -0.4 is 10.6 Å². The van der Waals surface area contributed by atoms with Crippen LogP contribution in [-0.4, -0.2) is 32.3 Å². The summed E-state index contributed by atoms with van der Waals surface area (Å²) < 4.78 is 1.87. The van der Waals surface area contributed by atoms with E-state index in [1.54, 1.807) is 47.7 Å². The molecule has 0 spiro atoms. The van der Waals surface area contributed by atoms with Gasteiger partial charge >= 0.3 is 0 Å². The lowest BCUT2D eigenvalue weighted by Crippen LogP contribution is -2.16. The summed E-state index contributed by atoms with van der Waals surface area (Å²) in [7, 11) is 1.88. The highest BCUT2D eigenvalue weighted by Crippen LogP contribution is 2.27. The number of thiophene rings is 1. The van der Waals surface area contributed by atoms with Gasteiger partial charge in [0.25, 0.3) is 5.91 Å². The summed E-state index contributed by atoms with van der Waals surface area (Å²) in [6.07, 6.45) is 0. The van der Waals surface area contributed by atoms with Gasteiger partial charge in [-0.05, 0) is 48.2 Å². The number of hydrogen-bond donors (Lipinski definition) is 2. The van der Waals surface area contributed by atoms with E-state index in [-0.39, 0.29) is 17.6 Å². The first-order valence-electron chi connectivity index (χ1n) is 9.95. The third-order valence-corrected chi connectivity index (χ3v) is 7.01. The standard InChI is InChI=1S/C23H20ClN5O2S2/c1-14-9-10-15(25-22(31)16-6-3-4-7-17(16)24)12-18(14)26-20(30)13-33-23-28-27-21(29(23)2)19-8-5-11-32-19/h3-12H,13H2,1-2H3,(H,25,31)(H,26,30). The molecule has 2 heterocycles. The molecule has 0 saturated heterocycles. The highest BCUT2D eigenvalue weighted by Gasteiger charge is 2.15. The normalized spacial score (nSPS) is 10.8. The number of nitrogens with one attached hydrogen (secondary N) is 2. The maximum absolute atomic E-state index is 12.6. The molecular weight excluding hydrogens is 478 g/mol. The summed E-state index contributed by atoms with van der Waals surface area (Å²) in [6, 6.07) is 16.1. The van der Waals surface area contributed by atoms with Crippen LogP contribution in [0.3, 0.4) is 0 Å². The van der Waals surface area contributed by atoms with Gasteiger partial charge in [0.1, 0.15) is 0 Å². The molecule has 10 heteroatoms. The van der Waals surface area contributed by atoms with Gasteiger partial charge in [-0.2, -0.15) is 0 Å². The van der Waals surface area contributed by atoms with E-state index in [9.17, 15) is 9.59 Å². The van der Waals surface area contributed by atoms with Crippen LogP contribution in [0.2, 0.25) is 5.02 Å². The molecule has 0 aliphatic rings. The van der Waals surface area contributed by atoms with E-state index in [4.69, 9.17) is 11.6 Å². The van der Waals surface area contributed by atoms with Gasteiger partial charge < -0.3 is 15.2 Å². The third-order valence-electron chi connectivity index (χ3n) is 4.80. The zero-order chi connectivity index (χ0) is 23.4. The van der Waals surface area contributed by atoms with Crippen molar-refractivity contribution in [2.45, 2.75) is 12.1 Å². The second kappa shape index (κ2) is 10.2. The van der Waals surface area contributed by atoms with Crippen LogP contribution in [0.1, 0.15) is 15.9 Å². The maximum atomic E-state index is 12.6. The molecule has 2 amide bonds. The zero-order valence-corrected chi connectivity index (χ0v) is 20.2. The molecule has 0 unspecified atom stereocenters.